The van der Waals surface area contributed by atoms with Crippen molar-refractivity contribution < 1.29 is 38.0 Å². The minimum Gasteiger partial charge on any atom is -0.463 e. The number of amides is 1. The van der Waals surface area contributed by atoms with E-state index >= 15 is 0 Å². The number of aliphatic hydroxyl groups excluding tert-OH is 3. The SMILES string of the molecule is CC(=O)N[C@H]1[C@H](Oc2cccc(-c3cccc(CS(=O)(=O)C4CC4)c3)c2)O[C@H](CO)[C@H](O)[C@@H]1O. The van der Waals surface area contributed by atoms with Crippen molar-refractivity contribution in [2.45, 2.75) is 61.4 Å². The van der Waals surface area contributed by atoms with Gasteiger partial charge in [-0.25, -0.2) is 8.42 Å². The molecule has 0 aromatic heterocycles. The van der Waals surface area contributed by atoms with Crippen LogP contribution in [0.1, 0.15) is 25.3 Å². The fourth-order valence-electron chi connectivity index (χ4n) is 4.07. The third-order valence-corrected chi connectivity index (χ3v) is 8.22. The molecule has 184 valence electrons. The van der Waals surface area contributed by atoms with Crippen LogP contribution in [-0.4, -0.2) is 72.1 Å². The molecule has 10 heteroatoms. The van der Waals surface area contributed by atoms with Crippen LogP contribution >= 0.6 is 0 Å². The molecule has 1 heterocycles. The highest BCUT2D eigenvalue weighted by Crippen LogP contribution is 2.32. The Kier molecular flexibility index (Phi) is 7.25. The standard InChI is InChI=1S/C24H29NO8S/c1-14(27)25-21-23(29)22(28)20(12-26)33-24(21)32-18-7-3-6-17(11-18)16-5-2-4-15(10-16)13-34(30,31)19-8-9-19/h2-7,10-11,19-24,26,28-29H,8-9,12-13H2,1H3,(H,25,27)/t20-,21-,22+,23-,24-/m1/s1. The van der Waals surface area contributed by atoms with Gasteiger partial charge >= 0.3 is 0 Å². The van der Waals surface area contributed by atoms with Gasteiger partial charge in [0.05, 0.1) is 17.6 Å². The van der Waals surface area contributed by atoms with Gasteiger partial charge in [-0.15, -0.1) is 0 Å². The molecule has 1 saturated heterocycles. The zero-order chi connectivity index (χ0) is 24.5. The van der Waals surface area contributed by atoms with Crippen molar-refractivity contribution in [3.8, 4) is 16.9 Å². The summed E-state index contributed by atoms with van der Waals surface area (Å²) in [4.78, 5) is 11.6. The second kappa shape index (κ2) is 10.0. The molecule has 4 N–H and O–H groups in total. The lowest BCUT2D eigenvalue weighted by molar-refractivity contribution is -0.244. The van der Waals surface area contributed by atoms with Crippen LogP contribution in [0.2, 0.25) is 0 Å². The molecule has 9 nitrogen and oxygen atoms in total. The number of carbonyl (C=O) groups is 1. The molecule has 2 aliphatic rings. The van der Waals surface area contributed by atoms with Crippen molar-refractivity contribution in [1.29, 1.82) is 0 Å². The summed E-state index contributed by atoms with van der Waals surface area (Å²) in [6, 6.07) is 13.2. The molecule has 2 fully saturated rings. The first kappa shape index (κ1) is 24.6. The molecule has 0 bridgehead atoms. The molecule has 2 aromatic carbocycles. The zero-order valence-electron chi connectivity index (χ0n) is 18.7. The van der Waals surface area contributed by atoms with E-state index in [1.54, 1.807) is 30.3 Å². The van der Waals surface area contributed by atoms with Crippen molar-refractivity contribution in [2.24, 2.45) is 0 Å². The first-order valence-corrected chi connectivity index (χ1v) is 12.9. The van der Waals surface area contributed by atoms with Gasteiger partial charge in [0, 0.05) is 6.92 Å². The summed E-state index contributed by atoms with van der Waals surface area (Å²) >= 11 is 0. The Morgan fingerprint density at radius 1 is 1.09 bits per heavy atom. The number of hydrogen-bond acceptors (Lipinski definition) is 8. The number of sulfone groups is 1. The highest BCUT2D eigenvalue weighted by Gasteiger charge is 2.46. The molecule has 0 radical (unpaired) electrons. The Morgan fingerprint density at radius 2 is 1.76 bits per heavy atom. The highest BCUT2D eigenvalue weighted by molar-refractivity contribution is 7.91. The van der Waals surface area contributed by atoms with Crippen LogP contribution in [0.3, 0.4) is 0 Å². The Balaban J connectivity index is 1.55. The van der Waals surface area contributed by atoms with E-state index in [9.17, 15) is 28.5 Å². The maximum atomic E-state index is 12.4. The molecule has 1 aliphatic heterocycles. The van der Waals surface area contributed by atoms with Gasteiger partial charge in [-0.05, 0) is 41.7 Å². The van der Waals surface area contributed by atoms with Crippen molar-refractivity contribution in [3.63, 3.8) is 0 Å². The summed E-state index contributed by atoms with van der Waals surface area (Å²) in [5, 5.41) is 32.4. The van der Waals surface area contributed by atoms with Gasteiger partial charge in [-0.1, -0.05) is 36.4 Å². The topological polar surface area (TPSA) is 142 Å². The number of aliphatic hydroxyl groups is 3. The molecule has 0 unspecified atom stereocenters. The van der Waals surface area contributed by atoms with Crippen molar-refractivity contribution >= 4 is 15.7 Å². The predicted octanol–water partition coefficient (Wildman–Crippen LogP) is 0.753. The summed E-state index contributed by atoms with van der Waals surface area (Å²) in [5.74, 6) is -0.0737. The first-order chi connectivity index (χ1) is 16.2. The third-order valence-electron chi connectivity index (χ3n) is 6.00. The van der Waals surface area contributed by atoms with Gasteiger partial charge < -0.3 is 30.1 Å². The summed E-state index contributed by atoms with van der Waals surface area (Å²) in [7, 11) is -3.14. The first-order valence-electron chi connectivity index (χ1n) is 11.1. The second-order valence-corrected chi connectivity index (χ2v) is 11.1. The van der Waals surface area contributed by atoms with Crippen LogP contribution < -0.4 is 10.1 Å². The molecule has 1 aliphatic carbocycles. The lowest BCUT2D eigenvalue weighted by Crippen LogP contribution is -2.65. The fraction of sp³-hybridized carbons (Fsp3) is 0.458. The van der Waals surface area contributed by atoms with E-state index in [2.05, 4.69) is 5.32 Å². The zero-order valence-corrected chi connectivity index (χ0v) is 19.5. The van der Waals surface area contributed by atoms with E-state index in [4.69, 9.17) is 9.47 Å². The van der Waals surface area contributed by atoms with E-state index in [-0.39, 0.29) is 11.0 Å². The highest BCUT2D eigenvalue weighted by atomic mass is 32.2. The van der Waals surface area contributed by atoms with Crippen LogP contribution in [0.15, 0.2) is 48.5 Å². The number of carbonyl (C=O) groups excluding carboxylic acids is 1. The van der Waals surface area contributed by atoms with E-state index < -0.39 is 53.0 Å². The van der Waals surface area contributed by atoms with Gasteiger partial charge in [0.2, 0.25) is 12.2 Å². The third kappa shape index (κ3) is 5.59. The normalized spacial score (nSPS) is 27.2. The van der Waals surface area contributed by atoms with Crippen molar-refractivity contribution in [3.05, 3.63) is 54.1 Å². The van der Waals surface area contributed by atoms with E-state index in [1.165, 1.54) is 6.92 Å². The lowest BCUT2D eigenvalue weighted by atomic mass is 9.97. The minimum atomic E-state index is -3.14. The Bertz CT molecular complexity index is 1130. The van der Waals surface area contributed by atoms with Crippen LogP contribution in [0.25, 0.3) is 11.1 Å². The number of nitrogens with one attached hydrogen (secondary N) is 1. The van der Waals surface area contributed by atoms with E-state index in [1.807, 2.05) is 18.2 Å². The van der Waals surface area contributed by atoms with Gasteiger partial charge in [0.15, 0.2) is 9.84 Å². The lowest BCUT2D eigenvalue weighted by Gasteiger charge is -2.42. The molecule has 2 aromatic rings. The summed E-state index contributed by atoms with van der Waals surface area (Å²) in [6.45, 7) is 0.729. The number of rotatable bonds is 8. The monoisotopic (exact) mass is 491 g/mol. The molecule has 1 saturated carbocycles. The van der Waals surface area contributed by atoms with Crippen LogP contribution in [0.4, 0.5) is 0 Å². The smallest absolute Gasteiger partial charge is 0.223 e. The van der Waals surface area contributed by atoms with E-state index in [0.717, 1.165) is 24.0 Å². The van der Waals surface area contributed by atoms with Crippen LogP contribution in [-0.2, 0) is 25.1 Å². The molecule has 0 spiro atoms. The maximum absolute atomic E-state index is 12.4. The summed E-state index contributed by atoms with van der Waals surface area (Å²) in [6.07, 6.45) is -3.60. The molecule has 34 heavy (non-hydrogen) atoms. The average molecular weight is 492 g/mol. The molecular weight excluding hydrogens is 462 g/mol. The molecule has 1 amide bonds. The maximum Gasteiger partial charge on any atom is 0.223 e. The molecular formula is C24H29NO8S. The predicted molar refractivity (Wildman–Crippen MR) is 124 cm³/mol. The average Bonchev–Trinajstić information content (AvgIpc) is 3.65. The Hall–Kier alpha value is -2.50. The van der Waals surface area contributed by atoms with Crippen LogP contribution in [0, 0.1) is 0 Å². The van der Waals surface area contributed by atoms with Gasteiger partial charge in [-0.2, -0.15) is 0 Å². The van der Waals surface area contributed by atoms with Gasteiger partial charge in [0.1, 0.15) is 30.1 Å². The van der Waals surface area contributed by atoms with Gasteiger partial charge in [-0.3, -0.25) is 4.79 Å². The Morgan fingerprint density at radius 3 is 2.41 bits per heavy atom. The number of hydrogen-bond donors (Lipinski definition) is 4. The van der Waals surface area contributed by atoms with Crippen LogP contribution in [0.5, 0.6) is 5.75 Å². The number of benzene rings is 2. The summed E-state index contributed by atoms with van der Waals surface area (Å²) in [5.41, 5.74) is 2.29. The fourth-order valence-corrected chi connectivity index (χ4v) is 5.81. The minimum absolute atomic E-state index is 0.00122. The molecule has 5 atom stereocenters. The second-order valence-electron chi connectivity index (χ2n) is 8.79. The number of ether oxygens (including phenoxy) is 2. The largest absolute Gasteiger partial charge is 0.463 e. The quantitative estimate of drug-likeness (QED) is 0.424. The van der Waals surface area contributed by atoms with Crippen molar-refractivity contribution in [1.82, 2.24) is 5.32 Å². The van der Waals surface area contributed by atoms with Crippen molar-refractivity contribution in [2.75, 3.05) is 6.61 Å². The summed E-state index contributed by atoms with van der Waals surface area (Å²) < 4.78 is 36.3. The van der Waals surface area contributed by atoms with Gasteiger partial charge in [0.25, 0.3) is 0 Å². The van der Waals surface area contributed by atoms with E-state index in [0.29, 0.717) is 11.3 Å². The molecule has 4 rings (SSSR count). The Labute approximate surface area is 198 Å².